The Morgan fingerprint density at radius 3 is 2.47 bits per heavy atom. The average molecular weight is 461 g/mol. The maximum Gasteiger partial charge on any atom is 0.243 e. The van der Waals surface area contributed by atoms with Crippen LogP contribution in [0.5, 0.6) is 0 Å². The van der Waals surface area contributed by atoms with Gasteiger partial charge in [-0.1, -0.05) is 18.9 Å². The Balaban J connectivity index is 1.37. The zero-order valence-electron chi connectivity index (χ0n) is 18.6. The molecule has 10 heteroatoms. The number of anilines is 1. The number of carbonyl (C=O) groups excluding carboxylic acids is 1. The van der Waals surface area contributed by atoms with Crippen molar-refractivity contribution < 1.29 is 13.2 Å². The van der Waals surface area contributed by atoms with E-state index in [1.807, 2.05) is 4.68 Å². The van der Waals surface area contributed by atoms with Crippen LogP contribution in [0.15, 0.2) is 35.7 Å². The van der Waals surface area contributed by atoms with Crippen LogP contribution in [0.3, 0.4) is 0 Å². The Bertz CT molecular complexity index is 1010. The molecule has 174 valence electrons. The lowest BCUT2D eigenvalue weighted by atomic mass is 10.1. The van der Waals surface area contributed by atoms with Gasteiger partial charge >= 0.3 is 0 Å². The van der Waals surface area contributed by atoms with Gasteiger partial charge in [0.05, 0.1) is 17.5 Å². The van der Waals surface area contributed by atoms with E-state index in [2.05, 4.69) is 20.3 Å². The first-order valence-corrected chi connectivity index (χ1v) is 12.8. The van der Waals surface area contributed by atoms with Gasteiger partial charge in [-0.2, -0.15) is 9.40 Å². The Kier molecular flexibility index (Phi) is 7.22. The number of hydrogen-bond acceptors (Lipinski definition) is 6. The van der Waals surface area contributed by atoms with Crippen molar-refractivity contribution in [2.75, 3.05) is 38.0 Å². The van der Waals surface area contributed by atoms with Crippen LogP contribution in [-0.2, 0) is 14.8 Å². The van der Waals surface area contributed by atoms with Gasteiger partial charge in [0.25, 0.3) is 0 Å². The molecule has 2 saturated heterocycles. The molecule has 1 aromatic heterocycles. The molecule has 1 N–H and O–H groups in total. The van der Waals surface area contributed by atoms with Crippen molar-refractivity contribution >= 4 is 21.6 Å². The van der Waals surface area contributed by atoms with Crippen LogP contribution in [0.25, 0.3) is 0 Å². The summed E-state index contributed by atoms with van der Waals surface area (Å²) in [5.74, 6) is -0.133. The van der Waals surface area contributed by atoms with Gasteiger partial charge in [-0.3, -0.25) is 9.69 Å². The summed E-state index contributed by atoms with van der Waals surface area (Å²) < 4.78 is 30.0. The first-order chi connectivity index (χ1) is 15.4. The van der Waals surface area contributed by atoms with E-state index in [9.17, 15) is 13.2 Å². The van der Waals surface area contributed by atoms with E-state index >= 15 is 0 Å². The third-order valence-electron chi connectivity index (χ3n) is 6.39. The SMILES string of the molecule is Cc1ccc(NC(=O)CN2CCC(n3cncn3)CC2)cc1S(=O)(=O)N1CCCCCC1. The van der Waals surface area contributed by atoms with Crippen molar-refractivity contribution in [1.82, 2.24) is 24.0 Å². The van der Waals surface area contributed by atoms with Gasteiger partial charge in [-0.15, -0.1) is 0 Å². The van der Waals surface area contributed by atoms with E-state index in [1.165, 1.54) is 0 Å². The molecule has 0 radical (unpaired) electrons. The maximum absolute atomic E-state index is 13.2. The number of nitrogens with zero attached hydrogens (tertiary/aromatic N) is 5. The normalized spacial score (nSPS) is 19.5. The van der Waals surface area contributed by atoms with E-state index in [0.29, 0.717) is 30.4 Å². The lowest BCUT2D eigenvalue weighted by molar-refractivity contribution is -0.117. The highest BCUT2D eigenvalue weighted by molar-refractivity contribution is 7.89. The van der Waals surface area contributed by atoms with E-state index in [-0.39, 0.29) is 17.3 Å². The number of carbonyl (C=O) groups is 1. The number of sulfonamides is 1. The van der Waals surface area contributed by atoms with E-state index in [1.54, 1.807) is 42.1 Å². The number of benzene rings is 1. The van der Waals surface area contributed by atoms with Crippen LogP contribution in [0.1, 0.15) is 50.1 Å². The number of rotatable bonds is 6. The number of amides is 1. The summed E-state index contributed by atoms with van der Waals surface area (Å²) >= 11 is 0. The summed E-state index contributed by atoms with van der Waals surface area (Å²) in [6, 6.07) is 5.46. The summed E-state index contributed by atoms with van der Waals surface area (Å²) in [6.07, 6.45) is 9.03. The molecule has 2 aliphatic heterocycles. The van der Waals surface area contributed by atoms with Crippen molar-refractivity contribution in [3.05, 3.63) is 36.4 Å². The third-order valence-corrected chi connectivity index (χ3v) is 8.43. The fourth-order valence-corrected chi connectivity index (χ4v) is 6.30. The van der Waals surface area contributed by atoms with Gasteiger partial charge in [-0.25, -0.2) is 18.1 Å². The number of nitrogens with one attached hydrogen (secondary N) is 1. The average Bonchev–Trinajstić information content (AvgIpc) is 3.17. The second-order valence-corrected chi connectivity index (χ2v) is 10.6. The Labute approximate surface area is 189 Å². The van der Waals surface area contributed by atoms with Crippen molar-refractivity contribution in [1.29, 1.82) is 0 Å². The van der Waals surface area contributed by atoms with E-state index in [0.717, 1.165) is 51.6 Å². The molecule has 2 aromatic rings. The molecular formula is C22H32N6O3S. The summed E-state index contributed by atoms with van der Waals surface area (Å²) in [5.41, 5.74) is 1.22. The number of piperidine rings is 1. The molecule has 2 aliphatic rings. The number of aromatic nitrogens is 3. The van der Waals surface area contributed by atoms with Gasteiger partial charge in [-0.05, 0) is 50.3 Å². The monoisotopic (exact) mass is 460 g/mol. The van der Waals surface area contributed by atoms with Gasteiger partial charge in [0.1, 0.15) is 12.7 Å². The van der Waals surface area contributed by atoms with E-state index in [4.69, 9.17) is 0 Å². The minimum Gasteiger partial charge on any atom is -0.325 e. The topological polar surface area (TPSA) is 100 Å². The second kappa shape index (κ2) is 10.1. The van der Waals surface area contributed by atoms with Crippen molar-refractivity contribution in [2.45, 2.75) is 56.4 Å². The molecule has 0 atom stereocenters. The second-order valence-electron chi connectivity index (χ2n) is 8.73. The standard InChI is InChI=1S/C22H32N6O3S/c1-18-6-7-19(14-21(18)32(30,31)27-10-4-2-3-5-11-27)25-22(29)15-26-12-8-20(9-13-26)28-17-23-16-24-28/h6-7,14,16-17,20H,2-5,8-13,15H2,1H3,(H,25,29). The quantitative estimate of drug-likeness (QED) is 0.711. The Morgan fingerprint density at radius 2 is 1.81 bits per heavy atom. The van der Waals surface area contributed by atoms with Crippen LogP contribution in [0.2, 0.25) is 0 Å². The largest absolute Gasteiger partial charge is 0.325 e. The van der Waals surface area contributed by atoms with Crippen LogP contribution >= 0.6 is 0 Å². The predicted octanol–water partition coefficient (Wildman–Crippen LogP) is 2.43. The highest BCUT2D eigenvalue weighted by Gasteiger charge is 2.27. The Morgan fingerprint density at radius 1 is 1.09 bits per heavy atom. The fourth-order valence-electron chi connectivity index (χ4n) is 4.53. The lowest BCUT2D eigenvalue weighted by Crippen LogP contribution is -2.39. The molecule has 32 heavy (non-hydrogen) atoms. The van der Waals surface area contributed by atoms with Gasteiger partial charge in [0.2, 0.25) is 15.9 Å². The van der Waals surface area contributed by atoms with Crippen molar-refractivity contribution in [3.63, 3.8) is 0 Å². The van der Waals surface area contributed by atoms with Crippen LogP contribution in [0, 0.1) is 6.92 Å². The summed E-state index contributed by atoms with van der Waals surface area (Å²) in [7, 11) is -3.57. The molecule has 1 aromatic carbocycles. The highest BCUT2D eigenvalue weighted by atomic mass is 32.2. The minimum absolute atomic E-state index is 0.133. The fraction of sp³-hybridized carbons (Fsp3) is 0.591. The maximum atomic E-state index is 13.2. The molecule has 1 amide bonds. The zero-order valence-corrected chi connectivity index (χ0v) is 19.4. The van der Waals surface area contributed by atoms with Gasteiger partial charge in [0, 0.05) is 31.9 Å². The molecule has 9 nitrogen and oxygen atoms in total. The van der Waals surface area contributed by atoms with Gasteiger partial charge < -0.3 is 5.32 Å². The number of likely N-dealkylation sites (tertiary alicyclic amines) is 1. The molecule has 4 rings (SSSR count). The smallest absolute Gasteiger partial charge is 0.243 e. The highest BCUT2D eigenvalue weighted by Crippen LogP contribution is 2.26. The number of aryl methyl sites for hydroxylation is 1. The molecule has 0 unspecified atom stereocenters. The summed E-state index contributed by atoms with van der Waals surface area (Å²) in [6.45, 7) is 4.81. The van der Waals surface area contributed by atoms with Crippen molar-refractivity contribution in [3.8, 4) is 0 Å². The lowest BCUT2D eigenvalue weighted by Gasteiger charge is -2.31. The molecular weight excluding hydrogens is 428 g/mol. The third kappa shape index (κ3) is 5.36. The van der Waals surface area contributed by atoms with Crippen molar-refractivity contribution in [2.24, 2.45) is 0 Å². The molecule has 0 saturated carbocycles. The molecule has 0 bridgehead atoms. The first-order valence-electron chi connectivity index (χ1n) is 11.4. The molecule has 0 spiro atoms. The predicted molar refractivity (Wildman–Crippen MR) is 122 cm³/mol. The van der Waals surface area contributed by atoms with E-state index < -0.39 is 10.0 Å². The number of hydrogen-bond donors (Lipinski definition) is 1. The van der Waals surface area contributed by atoms with Crippen LogP contribution in [0.4, 0.5) is 5.69 Å². The molecule has 3 heterocycles. The van der Waals surface area contributed by atoms with Gasteiger partial charge in [0.15, 0.2) is 0 Å². The molecule has 0 aliphatic carbocycles. The Hall–Kier alpha value is -2.30. The summed E-state index contributed by atoms with van der Waals surface area (Å²) in [4.78, 5) is 19.0. The first kappa shape index (κ1) is 22.9. The minimum atomic E-state index is -3.57. The summed E-state index contributed by atoms with van der Waals surface area (Å²) in [5, 5.41) is 7.10. The molecule has 2 fully saturated rings. The zero-order chi connectivity index (χ0) is 22.6. The van der Waals surface area contributed by atoms with Crippen LogP contribution in [-0.4, -0.2) is 71.0 Å². The van der Waals surface area contributed by atoms with Crippen LogP contribution < -0.4 is 5.32 Å².